The van der Waals surface area contributed by atoms with Gasteiger partial charge in [0.1, 0.15) is 16.2 Å². The number of rotatable bonds is 4. The van der Waals surface area contributed by atoms with Crippen LogP contribution in [0.4, 0.5) is 0 Å². The van der Waals surface area contributed by atoms with Crippen LogP contribution < -0.4 is 11.2 Å². The number of aryl methyl sites for hydroxylation is 3. The van der Waals surface area contributed by atoms with E-state index in [1.165, 1.54) is 40.1 Å². The monoisotopic (exact) mass is 384 g/mol. The molecule has 142 valence electrons. The number of nitrogens with zero attached hydrogens (tertiary/aromatic N) is 4. The lowest BCUT2D eigenvalue weighted by Gasteiger charge is -2.13. The van der Waals surface area contributed by atoms with Gasteiger partial charge >= 0.3 is 5.69 Å². The molecular weight excluding hydrogens is 360 g/mol. The molecule has 7 heteroatoms. The molecule has 27 heavy (non-hydrogen) atoms. The molecule has 0 atom stereocenters. The SMILES string of the molecule is Cc1ccc(C)c(CSc2nc(C(C)C)nc3c2c(=O)n(C)c(=O)n3C)c1. The minimum absolute atomic E-state index is 0.0913. The number of hydrogen-bond acceptors (Lipinski definition) is 5. The maximum atomic E-state index is 12.8. The first-order valence-electron chi connectivity index (χ1n) is 8.87. The van der Waals surface area contributed by atoms with E-state index in [4.69, 9.17) is 0 Å². The van der Waals surface area contributed by atoms with Crippen molar-refractivity contribution in [2.45, 2.75) is 44.4 Å². The molecule has 0 spiro atoms. The second kappa shape index (κ2) is 7.31. The van der Waals surface area contributed by atoms with Crippen molar-refractivity contribution < 1.29 is 0 Å². The van der Waals surface area contributed by atoms with E-state index in [9.17, 15) is 9.59 Å². The molecule has 0 aliphatic rings. The summed E-state index contributed by atoms with van der Waals surface area (Å²) in [6.07, 6.45) is 0. The van der Waals surface area contributed by atoms with Gasteiger partial charge < -0.3 is 0 Å². The van der Waals surface area contributed by atoms with E-state index in [0.717, 1.165) is 4.57 Å². The number of fused-ring (bicyclic) bond motifs is 1. The van der Waals surface area contributed by atoms with Crippen LogP contribution in [-0.4, -0.2) is 19.1 Å². The molecule has 0 fully saturated rings. The van der Waals surface area contributed by atoms with Gasteiger partial charge in [-0.25, -0.2) is 14.8 Å². The Morgan fingerprint density at radius 1 is 1.07 bits per heavy atom. The highest BCUT2D eigenvalue weighted by Crippen LogP contribution is 2.28. The molecule has 3 aromatic rings. The van der Waals surface area contributed by atoms with Gasteiger partial charge in [0.2, 0.25) is 0 Å². The molecule has 2 heterocycles. The van der Waals surface area contributed by atoms with E-state index < -0.39 is 0 Å². The Balaban J connectivity index is 2.20. The lowest BCUT2D eigenvalue weighted by molar-refractivity contribution is 0.689. The van der Waals surface area contributed by atoms with Crippen LogP contribution in [0.3, 0.4) is 0 Å². The molecule has 0 N–H and O–H groups in total. The first kappa shape index (κ1) is 19.4. The smallest absolute Gasteiger partial charge is 0.280 e. The minimum atomic E-state index is -0.383. The summed E-state index contributed by atoms with van der Waals surface area (Å²) in [4.78, 5) is 34.3. The summed E-state index contributed by atoms with van der Waals surface area (Å²) in [5.74, 6) is 1.42. The van der Waals surface area contributed by atoms with Gasteiger partial charge in [-0.15, -0.1) is 11.8 Å². The summed E-state index contributed by atoms with van der Waals surface area (Å²) in [6.45, 7) is 8.14. The third-order valence-corrected chi connectivity index (χ3v) is 5.69. The Kier molecular flexibility index (Phi) is 5.24. The summed E-state index contributed by atoms with van der Waals surface area (Å²) < 4.78 is 2.54. The quantitative estimate of drug-likeness (QED) is 0.511. The van der Waals surface area contributed by atoms with Gasteiger partial charge in [0.25, 0.3) is 5.56 Å². The second-order valence-corrected chi connectivity index (χ2v) is 8.13. The molecule has 6 nitrogen and oxygen atoms in total. The van der Waals surface area contributed by atoms with Crippen molar-refractivity contribution in [1.82, 2.24) is 19.1 Å². The summed E-state index contributed by atoms with van der Waals surface area (Å²) >= 11 is 1.52. The van der Waals surface area contributed by atoms with Crippen LogP contribution in [-0.2, 0) is 19.8 Å². The van der Waals surface area contributed by atoms with E-state index in [0.29, 0.717) is 27.6 Å². The zero-order valence-electron chi connectivity index (χ0n) is 16.5. The van der Waals surface area contributed by atoms with Crippen molar-refractivity contribution in [3.63, 3.8) is 0 Å². The van der Waals surface area contributed by atoms with Crippen LogP contribution in [0.15, 0.2) is 32.8 Å². The molecule has 0 saturated carbocycles. The van der Waals surface area contributed by atoms with Crippen LogP contribution >= 0.6 is 11.8 Å². The van der Waals surface area contributed by atoms with Crippen LogP contribution in [0, 0.1) is 13.8 Å². The van der Waals surface area contributed by atoms with Crippen molar-refractivity contribution >= 4 is 22.8 Å². The Labute approximate surface area is 162 Å². The number of benzene rings is 1. The van der Waals surface area contributed by atoms with E-state index in [2.05, 4.69) is 42.0 Å². The molecule has 3 rings (SSSR count). The minimum Gasteiger partial charge on any atom is -0.280 e. The van der Waals surface area contributed by atoms with Crippen molar-refractivity contribution in [2.75, 3.05) is 0 Å². The van der Waals surface area contributed by atoms with Gasteiger partial charge in [0, 0.05) is 25.8 Å². The zero-order chi connectivity index (χ0) is 19.9. The first-order chi connectivity index (χ1) is 12.7. The van der Waals surface area contributed by atoms with Gasteiger partial charge in [0.15, 0.2) is 5.65 Å². The second-order valence-electron chi connectivity index (χ2n) is 7.16. The third-order valence-electron chi connectivity index (χ3n) is 4.67. The molecule has 0 saturated heterocycles. The Bertz CT molecular complexity index is 1150. The zero-order valence-corrected chi connectivity index (χ0v) is 17.3. The highest BCUT2D eigenvalue weighted by Gasteiger charge is 2.18. The van der Waals surface area contributed by atoms with Gasteiger partial charge in [-0.05, 0) is 25.0 Å². The van der Waals surface area contributed by atoms with E-state index in [1.54, 1.807) is 7.05 Å². The van der Waals surface area contributed by atoms with Gasteiger partial charge in [-0.1, -0.05) is 37.6 Å². The summed E-state index contributed by atoms with van der Waals surface area (Å²) in [5, 5.41) is 1.03. The maximum absolute atomic E-state index is 12.8. The molecule has 0 radical (unpaired) electrons. The molecule has 0 aliphatic heterocycles. The van der Waals surface area contributed by atoms with Crippen molar-refractivity contribution in [3.8, 4) is 0 Å². The molecular formula is C20H24N4O2S. The summed E-state index contributed by atoms with van der Waals surface area (Å²) in [7, 11) is 3.12. The van der Waals surface area contributed by atoms with E-state index >= 15 is 0 Å². The average molecular weight is 385 g/mol. The fourth-order valence-corrected chi connectivity index (χ4v) is 3.99. The number of aromatic nitrogens is 4. The normalized spacial score (nSPS) is 11.5. The third kappa shape index (κ3) is 3.56. The van der Waals surface area contributed by atoms with Gasteiger partial charge in [0.05, 0.1) is 0 Å². The summed E-state index contributed by atoms with van der Waals surface area (Å²) in [6, 6.07) is 6.35. The Hall–Kier alpha value is -2.41. The molecule has 0 bridgehead atoms. The van der Waals surface area contributed by atoms with Gasteiger partial charge in [-0.2, -0.15) is 0 Å². The van der Waals surface area contributed by atoms with Crippen molar-refractivity contribution in [1.29, 1.82) is 0 Å². The largest absolute Gasteiger partial charge is 0.332 e. The first-order valence-corrected chi connectivity index (χ1v) is 9.85. The number of hydrogen-bond donors (Lipinski definition) is 0. The molecule has 0 amide bonds. The fourth-order valence-electron chi connectivity index (χ4n) is 2.91. The summed E-state index contributed by atoms with van der Waals surface area (Å²) in [5.41, 5.74) is 3.27. The standard InChI is InChI=1S/C20H24N4O2S/c1-11(2)16-21-17-15(19(25)24(6)20(26)23(17)5)18(22-16)27-10-14-9-12(3)7-8-13(14)4/h7-9,11H,10H2,1-6H3. The van der Waals surface area contributed by atoms with Crippen LogP contribution in [0.25, 0.3) is 11.0 Å². The lowest BCUT2D eigenvalue weighted by atomic mass is 10.1. The average Bonchev–Trinajstić information content (AvgIpc) is 2.64. The van der Waals surface area contributed by atoms with E-state index in [-0.39, 0.29) is 17.2 Å². The molecule has 0 unspecified atom stereocenters. The lowest BCUT2D eigenvalue weighted by Crippen LogP contribution is -2.37. The predicted molar refractivity (Wildman–Crippen MR) is 110 cm³/mol. The highest BCUT2D eigenvalue weighted by molar-refractivity contribution is 7.98. The predicted octanol–water partition coefficient (Wildman–Crippen LogP) is 3.06. The van der Waals surface area contributed by atoms with Gasteiger partial charge in [-0.3, -0.25) is 13.9 Å². The Morgan fingerprint density at radius 3 is 2.44 bits per heavy atom. The molecule has 2 aromatic heterocycles. The van der Waals surface area contributed by atoms with Crippen LogP contribution in [0.2, 0.25) is 0 Å². The molecule has 0 aliphatic carbocycles. The molecule has 1 aromatic carbocycles. The van der Waals surface area contributed by atoms with Crippen molar-refractivity contribution in [3.05, 3.63) is 61.6 Å². The Morgan fingerprint density at radius 2 is 1.78 bits per heavy atom. The topological polar surface area (TPSA) is 69.8 Å². The van der Waals surface area contributed by atoms with E-state index in [1.807, 2.05) is 13.8 Å². The van der Waals surface area contributed by atoms with Crippen LogP contribution in [0.1, 0.15) is 42.3 Å². The highest BCUT2D eigenvalue weighted by atomic mass is 32.2. The van der Waals surface area contributed by atoms with Crippen LogP contribution in [0.5, 0.6) is 0 Å². The fraction of sp³-hybridized carbons (Fsp3) is 0.400. The van der Waals surface area contributed by atoms with Crippen molar-refractivity contribution in [2.24, 2.45) is 14.1 Å². The maximum Gasteiger partial charge on any atom is 0.332 e. The number of thioether (sulfide) groups is 1.